The lowest BCUT2D eigenvalue weighted by Gasteiger charge is -2.37. The van der Waals surface area contributed by atoms with Gasteiger partial charge < -0.3 is 10.6 Å². The molecule has 0 aliphatic carbocycles. The van der Waals surface area contributed by atoms with Gasteiger partial charge in [-0.15, -0.1) is 11.3 Å². The third kappa shape index (κ3) is 4.68. The highest BCUT2D eigenvalue weighted by Gasteiger charge is 2.27. The molecule has 2 atom stereocenters. The molecule has 0 radical (unpaired) electrons. The molecular formula is C15H24ClN3OS. The molecule has 1 amide bonds. The van der Waals surface area contributed by atoms with Crippen LogP contribution in [0.15, 0.2) is 12.1 Å². The van der Waals surface area contributed by atoms with Gasteiger partial charge in [0.15, 0.2) is 0 Å². The molecule has 0 spiro atoms. The summed E-state index contributed by atoms with van der Waals surface area (Å²) in [7, 11) is 1.85. The molecule has 2 rings (SSSR count). The molecule has 1 aromatic rings. The Morgan fingerprint density at radius 1 is 1.52 bits per heavy atom. The molecule has 1 aliphatic rings. The van der Waals surface area contributed by atoms with Crippen LogP contribution in [0.4, 0.5) is 0 Å². The van der Waals surface area contributed by atoms with E-state index in [0.717, 1.165) is 22.2 Å². The number of hydrogen-bond acceptors (Lipinski definition) is 4. The van der Waals surface area contributed by atoms with Gasteiger partial charge >= 0.3 is 0 Å². The number of carbonyl (C=O) groups is 1. The second-order valence-electron chi connectivity index (χ2n) is 5.91. The molecule has 1 aliphatic heterocycles. The van der Waals surface area contributed by atoms with Crippen LogP contribution in [-0.2, 0) is 11.3 Å². The standard InChI is InChI=1S/C15H24ClN3OS/c1-11-3-4-12(7-17)8-19(11)10-15(20)18(2)9-13-5-6-14(16)21-13/h5-6,11-12H,3-4,7-10,17H2,1-2H3. The fraction of sp³-hybridized carbons (Fsp3) is 0.667. The molecule has 118 valence electrons. The van der Waals surface area contributed by atoms with Crippen molar-refractivity contribution in [1.82, 2.24) is 9.80 Å². The maximum absolute atomic E-state index is 12.4. The number of likely N-dealkylation sites (N-methyl/N-ethyl adjacent to an activating group) is 1. The van der Waals surface area contributed by atoms with E-state index >= 15 is 0 Å². The van der Waals surface area contributed by atoms with Crippen LogP contribution in [-0.4, -0.2) is 48.4 Å². The Balaban J connectivity index is 1.87. The van der Waals surface area contributed by atoms with Gasteiger partial charge in [0.25, 0.3) is 0 Å². The van der Waals surface area contributed by atoms with Crippen molar-refractivity contribution in [3.63, 3.8) is 0 Å². The molecule has 2 heterocycles. The number of piperidine rings is 1. The highest BCUT2D eigenvalue weighted by atomic mass is 35.5. The zero-order valence-electron chi connectivity index (χ0n) is 12.7. The third-order valence-corrected chi connectivity index (χ3v) is 5.44. The Morgan fingerprint density at radius 3 is 2.90 bits per heavy atom. The lowest BCUT2D eigenvalue weighted by Crippen LogP contribution is -2.48. The highest BCUT2D eigenvalue weighted by molar-refractivity contribution is 7.16. The van der Waals surface area contributed by atoms with Crippen LogP contribution >= 0.6 is 22.9 Å². The van der Waals surface area contributed by atoms with Crippen molar-refractivity contribution in [3.05, 3.63) is 21.3 Å². The van der Waals surface area contributed by atoms with Crippen LogP contribution in [0, 0.1) is 5.92 Å². The molecule has 1 aromatic heterocycles. The summed E-state index contributed by atoms with van der Waals surface area (Å²) in [5, 5.41) is 0. The SMILES string of the molecule is CC1CCC(CN)CN1CC(=O)N(C)Cc1ccc(Cl)s1. The molecule has 0 bridgehead atoms. The lowest BCUT2D eigenvalue weighted by molar-refractivity contribution is -0.132. The topological polar surface area (TPSA) is 49.6 Å². The highest BCUT2D eigenvalue weighted by Crippen LogP contribution is 2.23. The quantitative estimate of drug-likeness (QED) is 0.902. The predicted molar refractivity (Wildman–Crippen MR) is 88.6 cm³/mol. The Labute approximate surface area is 135 Å². The molecule has 1 fully saturated rings. The van der Waals surface area contributed by atoms with E-state index in [0.29, 0.717) is 31.6 Å². The molecule has 0 aromatic carbocycles. The number of amides is 1. The van der Waals surface area contributed by atoms with E-state index in [9.17, 15) is 4.79 Å². The van der Waals surface area contributed by atoms with E-state index in [4.69, 9.17) is 17.3 Å². The Bertz CT molecular complexity index is 479. The summed E-state index contributed by atoms with van der Waals surface area (Å²) in [4.78, 5) is 17.5. The summed E-state index contributed by atoms with van der Waals surface area (Å²) in [5.74, 6) is 0.680. The normalized spacial score (nSPS) is 23.2. The van der Waals surface area contributed by atoms with E-state index in [1.54, 1.807) is 4.90 Å². The number of nitrogens with two attached hydrogens (primary N) is 1. The first-order valence-electron chi connectivity index (χ1n) is 7.42. The summed E-state index contributed by atoms with van der Waals surface area (Å²) in [6.45, 7) is 4.94. The van der Waals surface area contributed by atoms with Gasteiger partial charge in [-0.1, -0.05) is 11.6 Å². The van der Waals surface area contributed by atoms with Crippen molar-refractivity contribution in [1.29, 1.82) is 0 Å². The first kappa shape index (κ1) is 16.7. The maximum Gasteiger partial charge on any atom is 0.236 e. The summed E-state index contributed by atoms with van der Waals surface area (Å²) in [5.41, 5.74) is 5.77. The monoisotopic (exact) mass is 329 g/mol. The van der Waals surface area contributed by atoms with Crippen LogP contribution < -0.4 is 5.73 Å². The number of likely N-dealkylation sites (tertiary alicyclic amines) is 1. The van der Waals surface area contributed by atoms with Crippen LogP contribution in [0.5, 0.6) is 0 Å². The number of rotatable bonds is 5. The van der Waals surface area contributed by atoms with Crippen molar-refractivity contribution in [3.8, 4) is 0 Å². The molecular weight excluding hydrogens is 306 g/mol. The lowest BCUT2D eigenvalue weighted by atomic mass is 9.93. The van der Waals surface area contributed by atoms with Gasteiger partial charge in [0, 0.05) is 24.5 Å². The van der Waals surface area contributed by atoms with Crippen LogP contribution in [0.25, 0.3) is 0 Å². The van der Waals surface area contributed by atoms with E-state index in [1.165, 1.54) is 17.8 Å². The fourth-order valence-corrected chi connectivity index (χ4v) is 3.87. The third-order valence-electron chi connectivity index (χ3n) is 4.23. The van der Waals surface area contributed by atoms with Gasteiger partial charge in [-0.05, 0) is 44.4 Å². The van der Waals surface area contributed by atoms with E-state index in [1.807, 2.05) is 19.2 Å². The zero-order chi connectivity index (χ0) is 15.4. The van der Waals surface area contributed by atoms with Gasteiger partial charge in [0.1, 0.15) is 0 Å². The van der Waals surface area contributed by atoms with Gasteiger partial charge in [0.2, 0.25) is 5.91 Å². The average molecular weight is 330 g/mol. The molecule has 0 saturated carbocycles. The largest absolute Gasteiger partial charge is 0.340 e. The Kier molecular flexibility index (Phi) is 6.05. The van der Waals surface area contributed by atoms with Crippen LogP contribution in [0.1, 0.15) is 24.6 Å². The zero-order valence-corrected chi connectivity index (χ0v) is 14.3. The summed E-state index contributed by atoms with van der Waals surface area (Å²) in [6.07, 6.45) is 2.30. The van der Waals surface area contributed by atoms with Crippen LogP contribution in [0.3, 0.4) is 0 Å². The van der Waals surface area contributed by atoms with Crippen molar-refractivity contribution < 1.29 is 4.79 Å². The number of halogens is 1. The van der Waals surface area contributed by atoms with Crippen molar-refractivity contribution in [2.24, 2.45) is 11.7 Å². The summed E-state index contributed by atoms with van der Waals surface area (Å²) in [6, 6.07) is 4.31. The summed E-state index contributed by atoms with van der Waals surface area (Å²) >= 11 is 7.45. The smallest absolute Gasteiger partial charge is 0.236 e. The molecule has 2 unspecified atom stereocenters. The van der Waals surface area contributed by atoms with E-state index in [2.05, 4.69) is 11.8 Å². The number of thiophene rings is 1. The van der Waals surface area contributed by atoms with E-state index < -0.39 is 0 Å². The van der Waals surface area contributed by atoms with Crippen molar-refractivity contribution in [2.45, 2.75) is 32.4 Å². The van der Waals surface area contributed by atoms with Gasteiger partial charge in [-0.2, -0.15) is 0 Å². The van der Waals surface area contributed by atoms with E-state index in [-0.39, 0.29) is 5.91 Å². The predicted octanol–water partition coefficient (Wildman–Crippen LogP) is 2.42. The average Bonchev–Trinajstić information content (AvgIpc) is 2.86. The van der Waals surface area contributed by atoms with Crippen molar-refractivity contribution >= 4 is 28.8 Å². The minimum atomic E-state index is 0.157. The Hall–Kier alpha value is -0.620. The van der Waals surface area contributed by atoms with Crippen molar-refractivity contribution in [2.75, 3.05) is 26.7 Å². The maximum atomic E-state index is 12.4. The van der Waals surface area contributed by atoms with Gasteiger partial charge in [-0.3, -0.25) is 9.69 Å². The van der Waals surface area contributed by atoms with Crippen LogP contribution in [0.2, 0.25) is 4.34 Å². The van der Waals surface area contributed by atoms with Gasteiger partial charge in [-0.25, -0.2) is 0 Å². The first-order chi connectivity index (χ1) is 9.99. The minimum Gasteiger partial charge on any atom is -0.340 e. The Morgan fingerprint density at radius 2 is 2.29 bits per heavy atom. The molecule has 2 N–H and O–H groups in total. The molecule has 4 nitrogen and oxygen atoms in total. The second-order valence-corrected chi connectivity index (χ2v) is 7.71. The molecule has 21 heavy (non-hydrogen) atoms. The second kappa shape index (κ2) is 7.58. The number of hydrogen-bond donors (Lipinski definition) is 1. The minimum absolute atomic E-state index is 0.157. The first-order valence-corrected chi connectivity index (χ1v) is 8.61. The molecule has 6 heteroatoms. The molecule has 1 saturated heterocycles. The summed E-state index contributed by atoms with van der Waals surface area (Å²) < 4.78 is 0.765. The number of nitrogens with zero attached hydrogens (tertiary/aromatic N) is 2. The number of carbonyl (C=O) groups excluding carboxylic acids is 1. The van der Waals surface area contributed by atoms with Gasteiger partial charge in [0.05, 0.1) is 17.4 Å². The fourth-order valence-electron chi connectivity index (χ4n) is 2.73.